The number of sulfonamides is 1. The van der Waals surface area contributed by atoms with Crippen LogP contribution in [0, 0.1) is 0 Å². The van der Waals surface area contributed by atoms with Gasteiger partial charge in [-0.3, -0.25) is 9.52 Å². The number of nitrogens with zero attached hydrogens (tertiary/aromatic N) is 2. The van der Waals surface area contributed by atoms with Crippen molar-refractivity contribution < 1.29 is 22.7 Å². The van der Waals surface area contributed by atoms with Gasteiger partial charge in [0.15, 0.2) is 0 Å². The summed E-state index contributed by atoms with van der Waals surface area (Å²) in [6.07, 6.45) is -0.467. The Labute approximate surface area is 248 Å². The number of hydrogen-bond acceptors (Lipinski definition) is 5. The van der Waals surface area contributed by atoms with Crippen molar-refractivity contribution >= 4 is 62.5 Å². The minimum Gasteiger partial charge on any atom is -0.444 e. The molecular weight excluding hydrogens is 597 g/mol. The molecule has 3 aromatic carbocycles. The average Bonchev–Trinajstić information content (AvgIpc) is 2.88. The van der Waals surface area contributed by atoms with Crippen LogP contribution in [-0.2, 0) is 14.8 Å². The van der Waals surface area contributed by atoms with E-state index in [1.807, 2.05) is 6.07 Å². The first kappa shape index (κ1) is 30.0. The molecule has 1 unspecified atom stereocenters. The molecule has 0 aliphatic carbocycles. The van der Waals surface area contributed by atoms with Gasteiger partial charge in [-0.15, -0.1) is 0 Å². The second-order valence-electron chi connectivity index (χ2n) is 10.3. The number of ether oxygens (including phenoxy) is 1. The fourth-order valence-corrected chi connectivity index (χ4v) is 5.89. The zero-order valence-corrected chi connectivity index (χ0v) is 25.1. The van der Waals surface area contributed by atoms with E-state index in [4.69, 9.17) is 39.5 Å². The summed E-state index contributed by atoms with van der Waals surface area (Å²) in [5.41, 5.74) is 0.557. The third kappa shape index (κ3) is 7.20. The van der Waals surface area contributed by atoms with Gasteiger partial charge in [-0.1, -0.05) is 53.0 Å². The maximum atomic E-state index is 13.8. The van der Waals surface area contributed by atoms with E-state index >= 15 is 0 Å². The lowest BCUT2D eigenvalue weighted by Crippen LogP contribution is -2.53. The number of carbonyl (C=O) groups excluding carboxylic acids is 2. The molecule has 1 fully saturated rings. The van der Waals surface area contributed by atoms with Crippen molar-refractivity contribution in [2.45, 2.75) is 37.3 Å². The Morgan fingerprint density at radius 3 is 2.33 bits per heavy atom. The van der Waals surface area contributed by atoms with Crippen LogP contribution in [0.3, 0.4) is 0 Å². The minimum absolute atomic E-state index is 0.0714. The molecule has 3 aromatic rings. The Morgan fingerprint density at radius 2 is 1.65 bits per heavy atom. The number of benzene rings is 3. The quantitative estimate of drug-likeness (QED) is 0.334. The van der Waals surface area contributed by atoms with Gasteiger partial charge in [-0.25, -0.2) is 13.2 Å². The number of hydrogen-bond donors (Lipinski definition) is 1. The highest BCUT2D eigenvalue weighted by Crippen LogP contribution is 2.31. The van der Waals surface area contributed by atoms with E-state index < -0.39 is 27.8 Å². The first-order valence-corrected chi connectivity index (χ1v) is 15.0. The Kier molecular flexibility index (Phi) is 8.89. The SMILES string of the molecule is CC(C)(C)OC(=O)N1CCN(C(=O)c2cccc(NS(=O)(=O)c3ccc(Cl)c(Cl)c3)c2)C(c2cccc(Cl)c2)C1. The summed E-state index contributed by atoms with van der Waals surface area (Å²) in [7, 11) is -4.00. The van der Waals surface area contributed by atoms with Crippen LogP contribution in [0.25, 0.3) is 0 Å². The van der Waals surface area contributed by atoms with E-state index in [-0.39, 0.29) is 51.7 Å². The van der Waals surface area contributed by atoms with E-state index in [9.17, 15) is 18.0 Å². The molecule has 0 saturated carbocycles. The smallest absolute Gasteiger partial charge is 0.410 e. The van der Waals surface area contributed by atoms with Gasteiger partial charge in [0.25, 0.3) is 15.9 Å². The molecule has 1 heterocycles. The highest BCUT2D eigenvalue weighted by molar-refractivity contribution is 7.92. The Hall–Kier alpha value is -2.98. The van der Waals surface area contributed by atoms with Crippen molar-refractivity contribution in [1.82, 2.24) is 9.80 Å². The molecule has 1 saturated heterocycles. The lowest BCUT2D eigenvalue weighted by atomic mass is 10.0. The van der Waals surface area contributed by atoms with Crippen molar-refractivity contribution in [3.63, 3.8) is 0 Å². The Bertz CT molecular complexity index is 1540. The second-order valence-corrected chi connectivity index (χ2v) is 13.2. The van der Waals surface area contributed by atoms with Crippen molar-refractivity contribution in [3.8, 4) is 0 Å². The first-order valence-electron chi connectivity index (χ1n) is 12.4. The predicted molar refractivity (Wildman–Crippen MR) is 157 cm³/mol. The van der Waals surface area contributed by atoms with Crippen LogP contribution in [0.2, 0.25) is 15.1 Å². The fourth-order valence-electron chi connectivity index (χ4n) is 4.26. The van der Waals surface area contributed by atoms with E-state index in [1.54, 1.807) is 67.0 Å². The monoisotopic (exact) mass is 623 g/mol. The summed E-state index contributed by atoms with van der Waals surface area (Å²) in [6.45, 7) is 6.08. The van der Waals surface area contributed by atoms with Crippen LogP contribution >= 0.6 is 34.8 Å². The molecule has 1 atom stereocenters. The Morgan fingerprint density at radius 1 is 0.925 bits per heavy atom. The second kappa shape index (κ2) is 11.9. The summed E-state index contributed by atoms with van der Waals surface area (Å²) >= 11 is 18.2. The van der Waals surface area contributed by atoms with Crippen LogP contribution in [0.15, 0.2) is 71.6 Å². The molecule has 0 spiro atoms. The molecule has 4 rings (SSSR count). The zero-order chi connectivity index (χ0) is 29.2. The predicted octanol–water partition coefficient (Wildman–Crippen LogP) is 6.88. The van der Waals surface area contributed by atoms with Gasteiger partial charge >= 0.3 is 6.09 Å². The summed E-state index contributed by atoms with van der Waals surface area (Å²) in [4.78, 5) is 29.8. The van der Waals surface area contributed by atoms with E-state index in [2.05, 4.69) is 4.72 Å². The largest absolute Gasteiger partial charge is 0.444 e. The topological polar surface area (TPSA) is 96.0 Å². The van der Waals surface area contributed by atoms with Crippen LogP contribution in [0.1, 0.15) is 42.7 Å². The molecule has 12 heteroatoms. The van der Waals surface area contributed by atoms with Gasteiger partial charge in [0.05, 0.1) is 21.0 Å². The highest BCUT2D eigenvalue weighted by Gasteiger charge is 2.36. The van der Waals surface area contributed by atoms with E-state index in [0.29, 0.717) is 5.02 Å². The number of piperazine rings is 1. The summed E-state index contributed by atoms with van der Waals surface area (Å²) in [5, 5.41) is 0.832. The molecule has 1 aliphatic heterocycles. The van der Waals surface area contributed by atoms with Gasteiger partial charge in [0, 0.05) is 35.9 Å². The molecule has 2 amide bonds. The van der Waals surface area contributed by atoms with Gasteiger partial charge in [-0.2, -0.15) is 0 Å². The molecule has 0 aromatic heterocycles. The van der Waals surface area contributed by atoms with Gasteiger partial charge in [-0.05, 0) is 74.9 Å². The van der Waals surface area contributed by atoms with Gasteiger partial charge in [0.1, 0.15) is 5.60 Å². The normalized spacial score (nSPS) is 16.0. The summed E-state index contributed by atoms with van der Waals surface area (Å²) in [6, 6.07) is 16.8. The molecule has 212 valence electrons. The van der Waals surface area contributed by atoms with E-state index in [1.165, 1.54) is 24.3 Å². The molecule has 1 N–H and O–H groups in total. The molecule has 8 nitrogen and oxygen atoms in total. The lowest BCUT2D eigenvalue weighted by Gasteiger charge is -2.42. The third-order valence-corrected chi connectivity index (χ3v) is 8.44. The van der Waals surface area contributed by atoms with Crippen molar-refractivity contribution in [2.24, 2.45) is 0 Å². The van der Waals surface area contributed by atoms with E-state index in [0.717, 1.165) is 5.56 Å². The molecule has 40 heavy (non-hydrogen) atoms. The molecule has 1 aliphatic rings. The average molecular weight is 625 g/mol. The maximum Gasteiger partial charge on any atom is 0.410 e. The third-order valence-electron chi connectivity index (χ3n) is 6.09. The van der Waals surface area contributed by atoms with Crippen LogP contribution in [-0.4, -0.2) is 55.5 Å². The number of rotatable bonds is 5. The zero-order valence-electron chi connectivity index (χ0n) is 22.0. The minimum atomic E-state index is -4.00. The summed E-state index contributed by atoms with van der Waals surface area (Å²) < 4.78 is 33.9. The summed E-state index contributed by atoms with van der Waals surface area (Å²) in [5.74, 6) is -0.329. The van der Waals surface area contributed by atoms with Crippen molar-refractivity contribution in [1.29, 1.82) is 0 Å². The molecule has 0 bridgehead atoms. The Balaban J connectivity index is 1.60. The fraction of sp³-hybridized carbons (Fsp3) is 0.286. The highest BCUT2D eigenvalue weighted by atomic mass is 35.5. The van der Waals surface area contributed by atoms with Crippen LogP contribution in [0.4, 0.5) is 10.5 Å². The first-order chi connectivity index (χ1) is 18.7. The van der Waals surface area contributed by atoms with Crippen molar-refractivity contribution in [3.05, 3.63) is 92.9 Å². The lowest BCUT2D eigenvalue weighted by molar-refractivity contribution is 0.00408. The molecular formula is C28H28Cl3N3O5S. The number of amides is 2. The number of carbonyl (C=O) groups is 2. The van der Waals surface area contributed by atoms with Crippen molar-refractivity contribution in [2.75, 3.05) is 24.4 Å². The van der Waals surface area contributed by atoms with Gasteiger partial charge < -0.3 is 14.5 Å². The number of nitrogens with one attached hydrogen (secondary N) is 1. The molecule has 0 radical (unpaired) electrons. The maximum absolute atomic E-state index is 13.8. The number of halogens is 3. The standard InChI is InChI=1S/C28H28Cl3N3O5S/c1-28(2,3)39-27(36)33-12-13-34(25(17-33)18-6-4-8-20(29)14-18)26(35)19-7-5-9-21(15-19)32-40(37,38)22-10-11-23(30)24(31)16-22/h4-11,14-16,25,32H,12-13,17H2,1-3H3. The van der Waals surface area contributed by atoms with Crippen LogP contribution in [0.5, 0.6) is 0 Å². The van der Waals surface area contributed by atoms with Crippen LogP contribution < -0.4 is 4.72 Å². The van der Waals surface area contributed by atoms with Gasteiger partial charge in [0.2, 0.25) is 0 Å². The number of anilines is 1.